The van der Waals surface area contributed by atoms with Crippen LogP contribution < -0.4 is 0 Å². The van der Waals surface area contributed by atoms with Crippen LogP contribution in [0.4, 0.5) is 0 Å². The molecule has 0 heterocycles. The zero-order valence-corrected chi connectivity index (χ0v) is 20.0. The molecule has 1 rings (SSSR count). The van der Waals surface area contributed by atoms with Gasteiger partial charge >= 0.3 is 21.7 Å². The van der Waals surface area contributed by atoms with Gasteiger partial charge in [0.25, 0.3) is 0 Å². The molecule has 0 spiro atoms. The van der Waals surface area contributed by atoms with Gasteiger partial charge in [0.15, 0.2) is 0 Å². The fourth-order valence-corrected chi connectivity index (χ4v) is 0.851. The normalized spacial score (nSPS) is 11.4. The van der Waals surface area contributed by atoms with Gasteiger partial charge in [-0.25, -0.2) is 12.1 Å². The van der Waals surface area contributed by atoms with Gasteiger partial charge in [-0.3, -0.25) is 0 Å². The fourth-order valence-electron chi connectivity index (χ4n) is 0.851. The van der Waals surface area contributed by atoms with Gasteiger partial charge in [0, 0.05) is 0 Å². The third-order valence-corrected chi connectivity index (χ3v) is 2.92. The van der Waals surface area contributed by atoms with E-state index in [1.54, 1.807) is 0 Å². The molecule has 1 nitrogen and oxygen atoms in total. The first-order valence-electron chi connectivity index (χ1n) is 6.79. The second-order valence-corrected chi connectivity index (χ2v) is 9.08. The van der Waals surface area contributed by atoms with E-state index in [1.807, 2.05) is 37.3 Å². The summed E-state index contributed by atoms with van der Waals surface area (Å²) in [4.78, 5) is 0. The van der Waals surface area contributed by atoms with Crippen molar-refractivity contribution >= 4 is 33.6 Å². The molecule has 0 aromatic heterocycles. The molecule has 0 amide bonds. The van der Waals surface area contributed by atoms with Gasteiger partial charge in [0.1, 0.15) is 0 Å². The van der Waals surface area contributed by atoms with Crippen molar-refractivity contribution < 1.29 is 21.7 Å². The number of nitrogens with one attached hydrogen (secondary N) is 1. The average molecular weight is 402 g/mol. The van der Waals surface area contributed by atoms with Crippen LogP contribution in [0.1, 0.15) is 41.0 Å². The van der Waals surface area contributed by atoms with Gasteiger partial charge in [-0.1, -0.05) is 59.5 Å². The van der Waals surface area contributed by atoms with E-state index in [0.717, 1.165) is 6.42 Å². The zero-order chi connectivity index (χ0) is 14.8. The molecule has 0 aliphatic carbocycles. The molecule has 1 N–H and O–H groups in total. The van der Waals surface area contributed by atoms with Crippen molar-refractivity contribution in [1.82, 2.24) is 0 Å². The molecule has 0 fully saturated rings. The van der Waals surface area contributed by atoms with Gasteiger partial charge in [0.05, 0.1) is 0 Å². The molecule has 0 radical (unpaired) electrons. The first kappa shape index (κ1) is 38.4. The van der Waals surface area contributed by atoms with Crippen LogP contribution in [0.5, 0.6) is 0 Å². The summed E-state index contributed by atoms with van der Waals surface area (Å²) >= 11 is 0. The van der Waals surface area contributed by atoms with E-state index >= 15 is 0 Å². The maximum absolute atomic E-state index is 7.83. The zero-order valence-electron chi connectivity index (χ0n) is 15.7. The molecule has 1 atom stereocenters. The molecule has 1 aromatic carbocycles. The molecular formula is C17H37Cl2NSiTi. The summed E-state index contributed by atoms with van der Waals surface area (Å²) in [6.07, 6.45) is 0.927. The summed E-state index contributed by atoms with van der Waals surface area (Å²) in [6.45, 7) is 18.6. The van der Waals surface area contributed by atoms with E-state index in [9.17, 15) is 0 Å². The molecule has 5 heteroatoms. The van der Waals surface area contributed by atoms with Gasteiger partial charge in [-0.05, 0) is 0 Å². The average Bonchev–Trinajstić information content (AvgIpc) is 2.72. The van der Waals surface area contributed by atoms with E-state index in [1.165, 1.54) is 0 Å². The Morgan fingerprint density at radius 2 is 1.32 bits per heavy atom. The first-order chi connectivity index (χ1) is 8.04. The molecule has 0 bridgehead atoms. The first-order valence-corrected chi connectivity index (χ1v) is 9.92. The van der Waals surface area contributed by atoms with E-state index in [2.05, 4.69) is 47.3 Å². The summed E-state index contributed by atoms with van der Waals surface area (Å²) in [7, 11) is -0.389. The van der Waals surface area contributed by atoms with E-state index in [-0.39, 0.29) is 73.7 Å². The predicted octanol–water partition coefficient (Wildman–Crippen LogP) is 6.80. The number of halogens is 2. The van der Waals surface area contributed by atoms with Gasteiger partial charge < -0.3 is 19.7 Å². The van der Waals surface area contributed by atoms with Crippen molar-refractivity contribution in [3.8, 4) is 0 Å². The topological polar surface area (TPSA) is 23.8 Å². The Morgan fingerprint density at radius 1 is 1.05 bits per heavy atom. The Hall–Kier alpha value is 0.821. The standard InChI is InChI=1S/C8H18N.C5H5.C3H9Si.CH3.2ClH.Ti/c1-6-8(5,9)7(2,3)4;1-2-4-5-3-1;1-4(2)3;;;;/h9H,6H2,1-5H3;1-5H;4H,1H2,2-3H3;1H3;2*1H;/q4*-1;;;+4. The Bertz CT molecular complexity index is 251. The third kappa shape index (κ3) is 25.8. The summed E-state index contributed by atoms with van der Waals surface area (Å²) in [6, 6.07) is 10.0. The second kappa shape index (κ2) is 19.9. The molecular weight excluding hydrogens is 365 g/mol. The van der Waals surface area contributed by atoms with Crippen LogP contribution in [-0.4, -0.2) is 14.3 Å². The fraction of sp³-hybridized carbons (Fsp3) is 0.588. The maximum atomic E-state index is 7.83. The predicted molar refractivity (Wildman–Crippen MR) is 110 cm³/mol. The Kier molecular flexibility index (Phi) is 34.7. The minimum Gasteiger partial charge on any atom is -0.672 e. The third-order valence-electron chi connectivity index (χ3n) is 2.92. The monoisotopic (exact) mass is 401 g/mol. The van der Waals surface area contributed by atoms with Crippen LogP contribution in [0.2, 0.25) is 13.1 Å². The van der Waals surface area contributed by atoms with Crippen molar-refractivity contribution in [2.75, 3.05) is 0 Å². The van der Waals surface area contributed by atoms with Crippen molar-refractivity contribution in [1.29, 1.82) is 0 Å². The molecule has 0 saturated heterocycles. The minimum absolute atomic E-state index is 0. The van der Waals surface area contributed by atoms with Crippen LogP contribution in [0, 0.1) is 19.4 Å². The SMILES string of the molecule is CCC(C)([NH-])C(C)(C)C.Cl.Cl.[CH2-][SiH](C)C.[CH3-].[Ti+4].c1cc[cH-]c1. The Morgan fingerprint density at radius 3 is 1.36 bits per heavy atom. The molecule has 1 unspecified atom stereocenters. The van der Waals surface area contributed by atoms with Crippen LogP contribution in [0.3, 0.4) is 0 Å². The number of hydrogen-bond donors (Lipinski definition) is 0. The number of rotatable bonds is 1. The van der Waals surface area contributed by atoms with Crippen molar-refractivity contribution in [3.05, 3.63) is 50.0 Å². The molecule has 0 aliphatic rings. The van der Waals surface area contributed by atoms with Crippen molar-refractivity contribution in [3.63, 3.8) is 0 Å². The quantitative estimate of drug-likeness (QED) is 0.365. The summed E-state index contributed by atoms with van der Waals surface area (Å²) in [5.41, 5.74) is 7.67. The number of hydrogen-bond acceptors (Lipinski definition) is 0. The van der Waals surface area contributed by atoms with Crippen LogP contribution in [0.25, 0.3) is 5.73 Å². The van der Waals surface area contributed by atoms with Crippen molar-refractivity contribution in [2.24, 2.45) is 5.41 Å². The Labute approximate surface area is 169 Å². The van der Waals surface area contributed by atoms with Gasteiger partial charge in [0.2, 0.25) is 0 Å². The van der Waals surface area contributed by atoms with Gasteiger partial charge in [-0.15, -0.1) is 39.1 Å². The van der Waals surface area contributed by atoms with E-state index in [0.29, 0.717) is 0 Å². The largest absolute Gasteiger partial charge is 4.00 e. The van der Waals surface area contributed by atoms with Crippen LogP contribution >= 0.6 is 24.8 Å². The minimum atomic E-state index is -0.389. The summed E-state index contributed by atoms with van der Waals surface area (Å²) < 4.78 is 0. The Balaban J connectivity index is -0.0000000430. The molecule has 132 valence electrons. The molecule has 0 aliphatic heterocycles. The van der Waals surface area contributed by atoms with Crippen LogP contribution in [-0.2, 0) is 21.7 Å². The van der Waals surface area contributed by atoms with Gasteiger partial charge in [-0.2, -0.15) is 18.2 Å². The second-order valence-electron chi connectivity index (χ2n) is 6.29. The van der Waals surface area contributed by atoms with E-state index in [4.69, 9.17) is 5.73 Å². The molecule has 22 heavy (non-hydrogen) atoms. The maximum Gasteiger partial charge on any atom is 4.00 e. The molecule has 1 aromatic rings. The summed E-state index contributed by atoms with van der Waals surface area (Å²) in [5.74, 6) is 0. The van der Waals surface area contributed by atoms with Crippen LogP contribution in [0.15, 0.2) is 30.3 Å². The molecule has 0 saturated carbocycles. The smallest absolute Gasteiger partial charge is 0.672 e. The van der Waals surface area contributed by atoms with E-state index < -0.39 is 0 Å². The van der Waals surface area contributed by atoms with Crippen molar-refractivity contribution in [2.45, 2.75) is 59.7 Å². The summed E-state index contributed by atoms with van der Waals surface area (Å²) in [5, 5.41) is 0.